The molecule has 15 heavy (non-hydrogen) atoms. The first kappa shape index (κ1) is 10.1. The van der Waals surface area contributed by atoms with Gasteiger partial charge in [0.1, 0.15) is 5.58 Å². The Morgan fingerprint density at radius 3 is 2.73 bits per heavy atom. The third-order valence-corrected chi connectivity index (χ3v) is 2.19. The van der Waals surface area contributed by atoms with Crippen LogP contribution in [-0.2, 0) is 10.7 Å². The first-order valence-corrected chi connectivity index (χ1v) is 4.44. The Hall–Kier alpha value is -1.42. The number of rotatable bonds is 2. The van der Waals surface area contributed by atoms with Gasteiger partial charge in [0.15, 0.2) is 12.0 Å². The van der Waals surface area contributed by atoms with E-state index < -0.39 is 18.0 Å². The second-order valence-electron chi connectivity index (χ2n) is 3.03. The first-order valence-electron chi connectivity index (χ1n) is 4.06. The van der Waals surface area contributed by atoms with E-state index in [0.717, 1.165) is 6.07 Å². The van der Waals surface area contributed by atoms with Crippen molar-refractivity contribution in [2.45, 2.75) is 5.92 Å². The molecule has 2 nitrogen and oxygen atoms in total. The summed E-state index contributed by atoms with van der Waals surface area (Å²) < 4.78 is 30.7. The van der Waals surface area contributed by atoms with Gasteiger partial charge in [-0.1, -0.05) is 11.6 Å². The summed E-state index contributed by atoms with van der Waals surface area (Å²) in [5, 5.41) is 0.864. The lowest BCUT2D eigenvalue weighted by atomic mass is 10.2. The largest absolute Gasteiger partial charge is 0.454 e. The molecule has 0 radical (unpaired) electrons. The molecule has 0 atom stereocenters. The van der Waals surface area contributed by atoms with Gasteiger partial charge in [0.25, 0.3) is 0 Å². The van der Waals surface area contributed by atoms with E-state index in [0.29, 0.717) is 10.4 Å². The van der Waals surface area contributed by atoms with E-state index >= 15 is 0 Å². The first-order chi connectivity index (χ1) is 7.03. The fourth-order valence-corrected chi connectivity index (χ4v) is 1.42. The highest BCUT2D eigenvalue weighted by molar-refractivity contribution is 6.31. The number of hydrogen-bond acceptors (Lipinski definition) is 2. The molecule has 0 saturated heterocycles. The summed E-state index contributed by atoms with van der Waals surface area (Å²) in [6.07, 6.45) is -0.452. The van der Waals surface area contributed by atoms with E-state index in [2.05, 4.69) is 0 Å². The van der Waals surface area contributed by atoms with E-state index in [1.165, 1.54) is 18.2 Å². The van der Waals surface area contributed by atoms with Gasteiger partial charge >= 0.3 is 5.92 Å². The molecule has 0 bridgehead atoms. The summed E-state index contributed by atoms with van der Waals surface area (Å²) in [6, 6.07) is 5.60. The highest BCUT2D eigenvalue weighted by Gasteiger charge is 2.35. The van der Waals surface area contributed by atoms with Gasteiger partial charge in [-0.25, -0.2) is 0 Å². The van der Waals surface area contributed by atoms with Gasteiger partial charge < -0.3 is 4.42 Å². The Bertz CT molecular complexity index is 519. The van der Waals surface area contributed by atoms with Crippen LogP contribution in [0.15, 0.2) is 28.7 Å². The molecule has 2 rings (SSSR count). The molecule has 0 spiro atoms. The van der Waals surface area contributed by atoms with Crippen molar-refractivity contribution < 1.29 is 18.0 Å². The molecule has 0 unspecified atom stereocenters. The maximum Gasteiger partial charge on any atom is 0.358 e. The van der Waals surface area contributed by atoms with Crippen molar-refractivity contribution in [3.63, 3.8) is 0 Å². The van der Waals surface area contributed by atoms with Crippen LogP contribution in [0.1, 0.15) is 5.76 Å². The molecule has 78 valence electrons. The van der Waals surface area contributed by atoms with Gasteiger partial charge in [-0.15, -0.1) is 0 Å². The number of hydrogen-bond donors (Lipinski definition) is 0. The normalized spacial score (nSPS) is 11.9. The monoisotopic (exact) mass is 230 g/mol. The van der Waals surface area contributed by atoms with Crippen LogP contribution < -0.4 is 0 Å². The lowest BCUT2D eigenvalue weighted by molar-refractivity contribution is -0.132. The van der Waals surface area contributed by atoms with Crippen LogP contribution in [0.4, 0.5) is 8.78 Å². The number of benzene rings is 1. The van der Waals surface area contributed by atoms with Gasteiger partial charge in [0.05, 0.1) is 0 Å². The molecule has 5 heteroatoms. The van der Waals surface area contributed by atoms with E-state index in [1.54, 1.807) is 0 Å². The Kier molecular flexibility index (Phi) is 2.23. The lowest BCUT2D eigenvalue weighted by Gasteiger charge is -2.02. The van der Waals surface area contributed by atoms with Crippen molar-refractivity contribution in [3.8, 4) is 0 Å². The molecule has 0 aliphatic heterocycles. The van der Waals surface area contributed by atoms with Crippen molar-refractivity contribution in [1.82, 2.24) is 0 Å². The number of alkyl halides is 2. The summed E-state index contributed by atoms with van der Waals surface area (Å²) in [7, 11) is 0. The second kappa shape index (κ2) is 3.31. The fourth-order valence-electron chi connectivity index (χ4n) is 1.24. The number of carbonyl (C=O) groups is 1. The molecule has 0 N–H and O–H groups in total. The molecule has 1 aromatic carbocycles. The van der Waals surface area contributed by atoms with Crippen LogP contribution in [0.2, 0.25) is 5.02 Å². The van der Waals surface area contributed by atoms with Crippen LogP contribution in [-0.4, -0.2) is 6.29 Å². The average molecular weight is 231 g/mol. The maximum atomic E-state index is 12.9. The van der Waals surface area contributed by atoms with Crippen LogP contribution in [0, 0.1) is 0 Å². The standard InChI is InChI=1S/C10H5ClF2O2/c11-7-1-2-8-6(3-7)4-9(15-8)10(12,13)5-14/h1-5H. The Balaban J connectivity index is 2.61. The Morgan fingerprint density at radius 2 is 2.07 bits per heavy atom. The summed E-state index contributed by atoms with van der Waals surface area (Å²) in [5.74, 6) is -4.26. The van der Waals surface area contributed by atoms with Crippen LogP contribution in [0.25, 0.3) is 11.0 Å². The Morgan fingerprint density at radius 1 is 1.33 bits per heavy atom. The zero-order valence-corrected chi connectivity index (χ0v) is 8.09. The quantitative estimate of drug-likeness (QED) is 0.741. The summed E-state index contributed by atoms with van der Waals surface area (Å²) in [4.78, 5) is 10.1. The minimum Gasteiger partial charge on any atom is -0.454 e. The SMILES string of the molecule is O=CC(F)(F)c1cc2cc(Cl)ccc2o1. The van der Waals surface area contributed by atoms with Gasteiger partial charge in [0.2, 0.25) is 0 Å². The molecule has 0 saturated carbocycles. The molecular formula is C10H5ClF2O2. The zero-order chi connectivity index (χ0) is 11.1. The minimum absolute atomic E-state index is 0.274. The van der Waals surface area contributed by atoms with Crippen LogP contribution in [0.3, 0.4) is 0 Å². The van der Waals surface area contributed by atoms with Gasteiger partial charge in [-0.05, 0) is 24.3 Å². The van der Waals surface area contributed by atoms with Crippen molar-refractivity contribution in [1.29, 1.82) is 0 Å². The van der Waals surface area contributed by atoms with E-state index in [1.807, 2.05) is 0 Å². The number of furan rings is 1. The molecule has 0 fully saturated rings. The second-order valence-corrected chi connectivity index (χ2v) is 3.47. The lowest BCUT2D eigenvalue weighted by Crippen LogP contribution is -2.13. The number of fused-ring (bicyclic) bond motifs is 1. The average Bonchev–Trinajstić information content (AvgIpc) is 2.61. The third-order valence-electron chi connectivity index (χ3n) is 1.95. The molecular weight excluding hydrogens is 226 g/mol. The molecule has 2 aromatic rings. The van der Waals surface area contributed by atoms with Gasteiger partial charge in [0, 0.05) is 10.4 Å². The molecule has 0 aliphatic carbocycles. The highest BCUT2D eigenvalue weighted by atomic mass is 35.5. The van der Waals surface area contributed by atoms with Crippen molar-refractivity contribution >= 4 is 28.9 Å². The third kappa shape index (κ3) is 1.72. The predicted molar refractivity (Wildman–Crippen MR) is 51.2 cm³/mol. The van der Waals surface area contributed by atoms with Gasteiger partial charge in [-0.3, -0.25) is 4.79 Å². The molecule has 0 aliphatic rings. The number of carbonyl (C=O) groups excluding carboxylic acids is 1. The van der Waals surface area contributed by atoms with Crippen LogP contribution in [0.5, 0.6) is 0 Å². The van der Waals surface area contributed by atoms with E-state index in [4.69, 9.17) is 16.0 Å². The molecule has 1 heterocycles. The topological polar surface area (TPSA) is 30.2 Å². The van der Waals surface area contributed by atoms with Crippen molar-refractivity contribution in [3.05, 3.63) is 35.0 Å². The molecule has 0 amide bonds. The van der Waals surface area contributed by atoms with Crippen LogP contribution >= 0.6 is 11.6 Å². The van der Waals surface area contributed by atoms with E-state index in [9.17, 15) is 13.6 Å². The smallest absolute Gasteiger partial charge is 0.358 e. The predicted octanol–water partition coefficient (Wildman–Crippen LogP) is 3.38. The zero-order valence-electron chi connectivity index (χ0n) is 7.34. The van der Waals surface area contributed by atoms with Crippen molar-refractivity contribution in [2.24, 2.45) is 0 Å². The fraction of sp³-hybridized carbons (Fsp3) is 0.100. The summed E-state index contributed by atoms with van der Waals surface area (Å²) in [6.45, 7) is 0. The maximum absolute atomic E-state index is 12.9. The minimum atomic E-state index is -3.59. The van der Waals surface area contributed by atoms with Gasteiger partial charge in [-0.2, -0.15) is 8.78 Å². The van der Waals surface area contributed by atoms with Crippen molar-refractivity contribution in [2.75, 3.05) is 0 Å². The summed E-state index contributed by atoms with van der Waals surface area (Å²) >= 11 is 5.68. The number of halogens is 3. The summed E-state index contributed by atoms with van der Waals surface area (Å²) in [5.41, 5.74) is 0.274. The van der Waals surface area contributed by atoms with E-state index in [-0.39, 0.29) is 5.58 Å². The number of aldehydes is 1. The highest BCUT2D eigenvalue weighted by Crippen LogP contribution is 2.31. The molecule has 1 aromatic heterocycles. The Labute approximate surface area is 88.4 Å².